The summed E-state index contributed by atoms with van der Waals surface area (Å²) in [7, 11) is 1.20. The van der Waals surface area contributed by atoms with Crippen LogP contribution in [0, 0.1) is 0 Å². The van der Waals surface area contributed by atoms with E-state index in [2.05, 4.69) is 4.74 Å². The molecule has 1 N–H and O–H groups in total. The molecule has 3 radical (unpaired) electrons. The summed E-state index contributed by atoms with van der Waals surface area (Å²) in [6.45, 7) is 4.32. The molecule has 0 saturated carbocycles. The smallest absolute Gasteiger partial charge is 1.00 e. The summed E-state index contributed by atoms with van der Waals surface area (Å²) < 4.78 is 36.8. The maximum Gasteiger partial charge on any atom is 1.00 e. The Morgan fingerprint density at radius 2 is 1.02 bits per heavy atom. The number of halogens is 2. The number of carbonyl (C=O) groups is 1. The Bertz CT molecular complexity index is 1280. The average molecular weight is 666 g/mol. The van der Waals surface area contributed by atoms with Crippen LogP contribution in [0.4, 0.5) is 8.78 Å². The minimum absolute atomic E-state index is 0. The van der Waals surface area contributed by atoms with E-state index in [1.54, 1.807) is 0 Å². The van der Waals surface area contributed by atoms with E-state index in [4.69, 9.17) is 9.84 Å². The Balaban J connectivity index is 0.000000800. The maximum atomic E-state index is 13.9. The number of benzene rings is 4. The number of alkyl halides is 2. The number of carbonyl (C=O) groups excluding carboxylic acids is 1. The van der Waals surface area contributed by atoms with Crippen LogP contribution in [-0.4, -0.2) is 81.7 Å². The van der Waals surface area contributed by atoms with Crippen LogP contribution in [0.1, 0.15) is 36.5 Å². The molecule has 6 nitrogen and oxygen atoms in total. The SMILES string of the molecule is C1CCOC1.COC(=O)[C@@H](F)CN(Cc1ccccc1)Cc1ccccc1.OC[C@@H](F)CN(Cc1ccccc1)Cc1ccccc1.[B].[H-].[Li+]. The fourth-order valence-corrected chi connectivity index (χ4v) is 5.01. The summed E-state index contributed by atoms with van der Waals surface area (Å²) >= 11 is 0. The van der Waals surface area contributed by atoms with Crippen molar-refractivity contribution < 1.29 is 48.4 Å². The van der Waals surface area contributed by atoms with E-state index in [1.165, 1.54) is 20.0 Å². The van der Waals surface area contributed by atoms with Crippen molar-refractivity contribution in [1.29, 1.82) is 0 Å². The molecule has 0 spiro atoms. The summed E-state index contributed by atoms with van der Waals surface area (Å²) in [6.07, 6.45) is -0.292. The van der Waals surface area contributed by atoms with Crippen LogP contribution in [0.3, 0.4) is 0 Å². The van der Waals surface area contributed by atoms with E-state index in [9.17, 15) is 13.6 Å². The molecule has 0 aromatic heterocycles. The molecule has 257 valence electrons. The molecule has 4 aromatic carbocycles. The first-order chi connectivity index (χ1) is 23.0. The zero-order valence-electron chi connectivity index (χ0n) is 29.9. The Kier molecular flexibility index (Phi) is 23.7. The number of hydrogen-bond donors (Lipinski definition) is 1. The number of aliphatic hydroxyl groups excluding tert-OH is 1. The van der Waals surface area contributed by atoms with E-state index in [-0.39, 0.29) is 41.8 Å². The molecule has 10 heteroatoms. The molecule has 1 saturated heterocycles. The van der Waals surface area contributed by atoms with E-state index >= 15 is 0 Å². The Morgan fingerprint density at radius 3 is 1.29 bits per heavy atom. The van der Waals surface area contributed by atoms with Gasteiger partial charge in [0, 0.05) is 60.9 Å². The molecule has 1 aliphatic rings. The van der Waals surface area contributed by atoms with Gasteiger partial charge in [-0.25, -0.2) is 13.6 Å². The topological polar surface area (TPSA) is 62.2 Å². The van der Waals surface area contributed by atoms with Crippen molar-refractivity contribution in [1.82, 2.24) is 9.80 Å². The first kappa shape index (κ1) is 43.7. The van der Waals surface area contributed by atoms with Crippen molar-refractivity contribution in [2.45, 2.75) is 51.4 Å². The molecule has 1 heterocycles. The van der Waals surface area contributed by atoms with Crippen LogP contribution in [0.25, 0.3) is 0 Å². The van der Waals surface area contributed by atoms with Crippen LogP contribution < -0.4 is 18.9 Å². The van der Waals surface area contributed by atoms with Gasteiger partial charge in [0.1, 0.15) is 6.17 Å². The van der Waals surface area contributed by atoms with Gasteiger partial charge in [-0.2, -0.15) is 0 Å². The first-order valence-electron chi connectivity index (χ1n) is 16.1. The van der Waals surface area contributed by atoms with Crippen molar-refractivity contribution in [3.63, 3.8) is 0 Å². The minimum Gasteiger partial charge on any atom is -1.00 e. The molecular formula is C39H49BF2LiN2O4. The fraction of sp³-hybridized carbons (Fsp3) is 0.359. The van der Waals surface area contributed by atoms with E-state index < -0.39 is 24.9 Å². The first-order valence-corrected chi connectivity index (χ1v) is 16.1. The number of esters is 1. The van der Waals surface area contributed by atoms with Crippen LogP contribution in [0.5, 0.6) is 0 Å². The molecule has 49 heavy (non-hydrogen) atoms. The number of hydrogen-bond acceptors (Lipinski definition) is 6. The van der Waals surface area contributed by atoms with Gasteiger partial charge in [-0.3, -0.25) is 9.80 Å². The number of nitrogens with zero attached hydrogens (tertiary/aromatic N) is 2. The van der Waals surface area contributed by atoms with Gasteiger partial charge in [0.2, 0.25) is 6.17 Å². The van der Waals surface area contributed by atoms with Crippen LogP contribution in [0.15, 0.2) is 121 Å². The second kappa shape index (κ2) is 26.6. The molecule has 1 fully saturated rings. The van der Waals surface area contributed by atoms with Crippen LogP contribution >= 0.6 is 0 Å². The monoisotopic (exact) mass is 665 g/mol. The summed E-state index contributed by atoms with van der Waals surface area (Å²) in [5.41, 5.74) is 4.45. The fourth-order valence-electron chi connectivity index (χ4n) is 5.01. The molecule has 0 amide bonds. The van der Waals surface area contributed by atoms with E-state index in [1.807, 2.05) is 131 Å². The molecule has 0 unspecified atom stereocenters. The molecule has 0 aliphatic carbocycles. The molecule has 5 rings (SSSR count). The Morgan fingerprint density at radius 1 is 0.694 bits per heavy atom. The predicted octanol–water partition coefficient (Wildman–Crippen LogP) is 3.75. The van der Waals surface area contributed by atoms with Crippen molar-refractivity contribution in [3.8, 4) is 0 Å². The zero-order valence-corrected chi connectivity index (χ0v) is 28.9. The van der Waals surface area contributed by atoms with E-state index in [0.29, 0.717) is 26.2 Å². The van der Waals surface area contributed by atoms with Crippen LogP contribution in [0.2, 0.25) is 0 Å². The van der Waals surface area contributed by atoms with Gasteiger partial charge in [-0.1, -0.05) is 121 Å². The molecule has 0 bridgehead atoms. The van der Waals surface area contributed by atoms with Crippen molar-refractivity contribution >= 4 is 14.4 Å². The third-order valence-corrected chi connectivity index (χ3v) is 7.35. The number of ether oxygens (including phenoxy) is 2. The van der Waals surface area contributed by atoms with Gasteiger partial charge in [0.25, 0.3) is 0 Å². The van der Waals surface area contributed by atoms with Gasteiger partial charge in [-0.15, -0.1) is 0 Å². The second-order valence-electron chi connectivity index (χ2n) is 11.4. The molecule has 4 aromatic rings. The number of rotatable bonds is 14. The van der Waals surface area contributed by atoms with E-state index in [0.717, 1.165) is 35.5 Å². The quantitative estimate of drug-likeness (QED) is 0.164. The molecule has 1 aliphatic heterocycles. The molecular weight excluding hydrogens is 616 g/mol. The number of aliphatic hydroxyl groups is 1. The second-order valence-corrected chi connectivity index (χ2v) is 11.4. The maximum absolute atomic E-state index is 13.9. The van der Waals surface area contributed by atoms with Crippen molar-refractivity contribution in [2.24, 2.45) is 0 Å². The summed E-state index contributed by atoms with van der Waals surface area (Å²) in [6, 6.07) is 39.6. The van der Waals surface area contributed by atoms with Gasteiger partial charge in [0.15, 0.2) is 0 Å². The largest absolute Gasteiger partial charge is 1.00 e. The van der Waals surface area contributed by atoms with Gasteiger partial charge in [0.05, 0.1) is 13.7 Å². The molecule has 2 atom stereocenters. The van der Waals surface area contributed by atoms with Gasteiger partial charge >= 0.3 is 24.8 Å². The zero-order chi connectivity index (χ0) is 33.5. The third kappa shape index (κ3) is 18.9. The third-order valence-electron chi connectivity index (χ3n) is 7.35. The summed E-state index contributed by atoms with van der Waals surface area (Å²) in [5.74, 6) is -0.828. The van der Waals surface area contributed by atoms with Crippen molar-refractivity contribution in [2.75, 3.05) is 40.0 Å². The van der Waals surface area contributed by atoms with Crippen molar-refractivity contribution in [3.05, 3.63) is 144 Å². The summed E-state index contributed by atoms with van der Waals surface area (Å²) in [5, 5.41) is 8.91. The Hall–Kier alpha value is -3.29. The predicted molar refractivity (Wildman–Crippen MR) is 190 cm³/mol. The Labute approximate surface area is 306 Å². The normalized spacial score (nSPS) is 13.0. The standard InChI is InChI=1S/C18H20FNO2.C17H20FNO.C4H8O.B.Li.H/c1-22-18(21)17(19)14-20(12-15-8-4-2-5-9-15)13-16-10-6-3-7-11-16;18-17(14-20)13-19(11-15-7-3-1-4-8-15)12-16-9-5-2-6-10-16;1-2-4-5-3-1;;;/h2-11,17H,12-14H2,1H3;1-10,17,20H,11-14H2;1-4H2;;;/q;;;;+1;-1/t2*17-;;;;/m00..../s1. The van der Waals surface area contributed by atoms with Gasteiger partial charge < -0.3 is 16.0 Å². The summed E-state index contributed by atoms with van der Waals surface area (Å²) in [4.78, 5) is 15.3. The van der Waals surface area contributed by atoms with Crippen LogP contribution in [-0.2, 0) is 40.4 Å². The average Bonchev–Trinajstić information content (AvgIpc) is 3.71. The van der Waals surface area contributed by atoms with Gasteiger partial charge in [-0.05, 0) is 35.1 Å². The number of methoxy groups -OCH3 is 1. The minimum atomic E-state index is -1.64.